The molecule has 1 aliphatic rings. The molecule has 94 valence electrons. The second-order valence-corrected chi connectivity index (χ2v) is 5.37. The summed E-state index contributed by atoms with van der Waals surface area (Å²) in [6, 6.07) is 7.16. The number of benzene rings is 1. The molecule has 2 heteroatoms. The van der Waals surface area contributed by atoms with E-state index < -0.39 is 0 Å². The maximum atomic E-state index is 5.89. The number of hydrogen-bond donors (Lipinski definition) is 1. The summed E-state index contributed by atoms with van der Waals surface area (Å²) >= 11 is 0. The first-order chi connectivity index (χ1) is 8.15. The van der Waals surface area contributed by atoms with Crippen LogP contribution in [0.5, 0.6) is 5.75 Å². The van der Waals surface area contributed by atoms with Crippen molar-refractivity contribution in [3.63, 3.8) is 0 Å². The summed E-state index contributed by atoms with van der Waals surface area (Å²) in [7, 11) is 0. The number of nitrogens with one attached hydrogen (secondary N) is 1. The van der Waals surface area contributed by atoms with Gasteiger partial charge in [0.2, 0.25) is 0 Å². The van der Waals surface area contributed by atoms with E-state index in [1.165, 1.54) is 24.0 Å². The zero-order valence-corrected chi connectivity index (χ0v) is 11.1. The van der Waals surface area contributed by atoms with Gasteiger partial charge in [0.05, 0.1) is 6.61 Å². The van der Waals surface area contributed by atoms with Crippen LogP contribution in [-0.4, -0.2) is 19.2 Å². The summed E-state index contributed by atoms with van der Waals surface area (Å²) in [5.41, 5.74) is 2.48. The van der Waals surface area contributed by atoms with Crippen molar-refractivity contribution in [1.82, 2.24) is 5.32 Å². The lowest BCUT2D eigenvalue weighted by Crippen LogP contribution is -2.26. The molecule has 1 aromatic carbocycles. The van der Waals surface area contributed by atoms with Crippen LogP contribution >= 0.6 is 0 Å². The van der Waals surface area contributed by atoms with E-state index in [1.54, 1.807) is 0 Å². The Hall–Kier alpha value is -1.02. The Morgan fingerprint density at radius 1 is 1.35 bits per heavy atom. The number of ether oxygens (including phenoxy) is 1. The molecule has 1 atom stereocenters. The van der Waals surface area contributed by atoms with Gasteiger partial charge in [-0.2, -0.15) is 0 Å². The van der Waals surface area contributed by atoms with E-state index in [0.29, 0.717) is 5.92 Å². The highest BCUT2D eigenvalue weighted by Crippen LogP contribution is 2.21. The van der Waals surface area contributed by atoms with E-state index >= 15 is 0 Å². The van der Waals surface area contributed by atoms with Gasteiger partial charge in [-0.05, 0) is 43.9 Å². The van der Waals surface area contributed by atoms with Gasteiger partial charge in [-0.15, -0.1) is 0 Å². The minimum absolute atomic E-state index is 0.565. The Balaban J connectivity index is 1.77. The molecule has 2 rings (SSSR count). The van der Waals surface area contributed by atoms with Crippen LogP contribution in [0.1, 0.15) is 30.9 Å². The Labute approximate surface area is 104 Å². The molecule has 2 nitrogen and oxygen atoms in total. The van der Waals surface area contributed by atoms with E-state index in [4.69, 9.17) is 4.74 Å². The average molecular weight is 233 g/mol. The molecule has 0 aliphatic heterocycles. The van der Waals surface area contributed by atoms with Gasteiger partial charge in [-0.25, -0.2) is 0 Å². The van der Waals surface area contributed by atoms with E-state index in [0.717, 1.165) is 24.9 Å². The van der Waals surface area contributed by atoms with Gasteiger partial charge in [-0.3, -0.25) is 0 Å². The Kier molecular flexibility index (Phi) is 4.06. The lowest BCUT2D eigenvalue weighted by Gasteiger charge is -2.15. The van der Waals surface area contributed by atoms with Gasteiger partial charge in [0.15, 0.2) is 0 Å². The lowest BCUT2D eigenvalue weighted by molar-refractivity contribution is 0.254. The van der Waals surface area contributed by atoms with Gasteiger partial charge >= 0.3 is 0 Å². The van der Waals surface area contributed by atoms with Crippen LogP contribution in [0.4, 0.5) is 0 Å². The fourth-order valence-electron chi connectivity index (χ4n) is 1.81. The van der Waals surface area contributed by atoms with Crippen molar-refractivity contribution < 1.29 is 4.74 Å². The predicted molar refractivity (Wildman–Crippen MR) is 71.6 cm³/mol. The summed E-state index contributed by atoms with van der Waals surface area (Å²) in [6.45, 7) is 8.30. The summed E-state index contributed by atoms with van der Waals surface area (Å²) in [4.78, 5) is 0. The van der Waals surface area contributed by atoms with Crippen molar-refractivity contribution in [3.05, 3.63) is 29.3 Å². The van der Waals surface area contributed by atoms with Gasteiger partial charge in [0, 0.05) is 18.5 Å². The topological polar surface area (TPSA) is 21.3 Å². The summed E-state index contributed by atoms with van der Waals surface area (Å²) in [5.74, 6) is 1.60. The van der Waals surface area contributed by atoms with Crippen LogP contribution < -0.4 is 10.1 Å². The molecular weight excluding hydrogens is 210 g/mol. The van der Waals surface area contributed by atoms with Crippen molar-refractivity contribution in [3.8, 4) is 5.75 Å². The second kappa shape index (κ2) is 5.54. The quantitative estimate of drug-likeness (QED) is 0.815. The fraction of sp³-hybridized carbons (Fsp3) is 0.600. The van der Waals surface area contributed by atoms with Crippen LogP contribution in [-0.2, 0) is 0 Å². The van der Waals surface area contributed by atoms with Crippen molar-refractivity contribution in [2.75, 3.05) is 13.2 Å². The Bertz CT molecular complexity index is 371. The predicted octanol–water partition coefficient (Wildman–Crippen LogP) is 3.07. The third kappa shape index (κ3) is 4.04. The van der Waals surface area contributed by atoms with E-state index in [-0.39, 0.29) is 0 Å². The fourth-order valence-corrected chi connectivity index (χ4v) is 1.81. The third-order valence-electron chi connectivity index (χ3n) is 3.20. The molecule has 0 aromatic heterocycles. The molecule has 0 saturated heterocycles. The molecular formula is C15H23NO. The number of hydrogen-bond acceptors (Lipinski definition) is 2. The molecule has 0 radical (unpaired) electrons. The molecule has 1 saturated carbocycles. The van der Waals surface area contributed by atoms with E-state index in [2.05, 4.69) is 44.3 Å². The van der Waals surface area contributed by atoms with E-state index in [1.807, 2.05) is 0 Å². The van der Waals surface area contributed by atoms with Crippen LogP contribution in [0.3, 0.4) is 0 Å². The lowest BCUT2D eigenvalue weighted by atomic mass is 10.1. The molecule has 1 aromatic rings. The zero-order valence-electron chi connectivity index (χ0n) is 11.1. The molecule has 0 heterocycles. The first-order valence-electron chi connectivity index (χ1n) is 6.58. The summed E-state index contributed by atoms with van der Waals surface area (Å²) in [5, 5.41) is 3.54. The molecule has 1 N–H and O–H groups in total. The zero-order chi connectivity index (χ0) is 12.3. The van der Waals surface area contributed by atoms with Crippen LogP contribution in [0.2, 0.25) is 0 Å². The molecule has 0 amide bonds. The first-order valence-corrected chi connectivity index (χ1v) is 6.58. The van der Waals surface area contributed by atoms with Crippen molar-refractivity contribution in [1.29, 1.82) is 0 Å². The molecule has 0 spiro atoms. The highest BCUT2D eigenvalue weighted by molar-refractivity contribution is 5.35. The standard InChI is InChI=1S/C15H23NO/c1-11-4-5-13(3)15(8-11)17-10-12(2)9-16-14-6-7-14/h4-5,8,12,14,16H,6-7,9-10H2,1-3H3. The molecule has 1 fully saturated rings. The minimum atomic E-state index is 0.565. The monoisotopic (exact) mass is 233 g/mol. The van der Waals surface area contributed by atoms with Gasteiger partial charge in [-0.1, -0.05) is 19.1 Å². The maximum absolute atomic E-state index is 5.89. The summed E-state index contributed by atoms with van der Waals surface area (Å²) < 4.78 is 5.89. The molecule has 0 bridgehead atoms. The molecule has 17 heavy (non-hydrogen) atoms. The highest BCUT2D eigenvalue weighted by Gasteiger charge is 2.20. The minimum Gasteiger partial charge on any atom is -0.493 e. The summed E-state index contributed by atoms with van der Waals surface area (Å²) in [6.07, 6.45) is 2.70. The Morgan fingerprint density at radius 2 is 2.12 bits per heavy atom. The average Bonchev–Trinajstić information content (AvgIpc) is 3.11. The molecule has 1 unspecified atom stereocenters. The Morgan fingerprint density at radius 3 is 2.82 bits per heavy atom. The van der Waals surface area contributed by atoms with Crippen LogP contribution in [0.15, 0.2) is 18.2 Å². The number of rotatable bonds is 6. The second-order valence-electron chi connectivity index (χ2n) is 5.37. The SMILES string of the molecule is Cc1ccc(C)c(OCC(C)CNC2CC2)c1. The molecule has 1 aliphatic carbocycles. The van der Waals surface area contributed by atoms with E-state index in [9.17, 15) is 0 Å². The van der Waals surface area contributed by atoms with Crippen molar-refractivity contribution >= 4 is 0 Å². The smallest absolute Gasteiger partial charge is 0.122 e. The first kappa shape index (κ1) is 12.4. The normalized spacial score (nSPS) is 16.9. The van der Waals surface area contributed by atoms with Crippen LogP contribution in [0.25, 0.3) is 0 Å². The largest absolute Gasteiger partial charge is 0.493 e. The highest BCUT2D eigenvalue weighted by atomic mass is 16.5. The van der Waals surface area contributed by atoms with Crippen LogP contribution in [0, 0.1) is 19.8 Å². The maximum Gasteiger partial charge on any atom is 0.122 e. The van der Waals surface area contributed by atoms with Crippen molar-refractivity contribution in [2.45, 2.75) is 39.7 Å². The van der Waals surface area contributed by atoms with Crippen molar-refractivity contribution in [2.24, 2.45) is 5.92 Å². The van der Waals surface area contributed by atoms with Gasteiger partial charge < -0.3 is 10.1 Å². The van der Waals surface area contributed by atoms with Gasteiger partial charge in [0.1, 0.15) is 5.75 Å². The van der Waals surface area contributed by atoms with Gasteiger partial charge in [0.25, 0.3) is 0 Å². The third-order valence-corrected chi connectivity index (χ3v) is 3.20. The number of aryl methyl sites for hydroxylation is 2.